The van der Waals surface area contributed by atoms with Crippen molar-refractivity contribution in [3.8, 4) is 5.75 Å². The van der Waals surface area contributed by atoms with Gasteiger partial charge in [0.2, 0.25) is 21.7 Å². The highest BCUT2D eigenvalue weighted by Gasteiger charge is 2.30. The van der Waals surface area contributed by atoms with Crippen LogP contribution in [0.4, 0.5) is 4.39 Å². The Morgan fingerprint density at radius 1 is 1.25 bits per heavy atom. The highest BCUT2D eigenvalue weighted by Crippen LogP contribution is 2.27. The van der Waals surface area contributed by atoms with Crippen LogP contribution in [0, 0.1) is 5.82 Å². The molecule has 0 saturated carbocycles. The SMILES string of the molecule is COC1=NC=C(c2ccc3ncc(OC4CNC4)c(=O)n3c2)CC1NS(=O)(=O)c1ccc(F)cc1Cl. The minimum absolute atomic E-state index is 0.0769. The van der Waals surface area contributed by atoms with Gasteiger partial charge in [0.05, 0.1) is 18.3 Å². The van der Waals surface area contributed by atoms with Gasteiger partial charge in [0, 0.05) is 25.5 Å². The van der Waals surface area contributed by atoms with E-state index >= 15 is 0 Å². The predicted octanol–water partition coefficient (Wildman–Crippen LogP) is 1.97. The second kappa shape index (κ2) is 9.62. The molecule has 1 fully saturated rings. The summed E-state index contributed by atoms with van der Waals surface area (Å²) in [5.74, 6) is -0.361. The maximum atomic E-state index is 13.4. The van der Waals surface area contributed by atoms with Crippen LogP contribution >= 0.6 is 11.6 Å². The maximum absolute atomic E-state index is 13.4. The molecule has 1 atom stereocenters. The summed E-state index contributed by atoms with van der Waals surface area (Å²) in [5, 5.41) is 2.83. The number of hydrogen-bond donors (Lipinski definition) is 2. The van der Waals surface area contributed by atoms with E-state index in [1.807, 2.05) is 0 Å². The van der Waals surface area contributed by atoms with Crippen LogP contribution in [0.15, 0.2) is 63.6 Å². The zero-order valence-corrected chi connectivity index (χ0v) is 20.5. The Labute approximate surface area is 210 Å². The zero-order chi connectivity index (χ0) is 25.4. The maximum Gasteiger partial charge on any atom is 0.300 e. The second-order valence-electron chi connectivity index (χ2n) is 8.25. The van der Waals surface area contributed by atoms with Crippen LogP contribution in [0.1, 0.15) is 12.0 Å². The molecular formula is C23H21ClFN5O5S. The third kappa shape index (κ3) is 4.72. The molecule has 0 amide bonds. The number of aromatic nitrogens is 2. The summed E-state index contributed by atoms with van der Waals surface area (Å²) in [4.78, 5) is 21.3. The van der Waals surface area contributed by atoms with E-state index < -0.39 is 21.9 Å². The van der Waals surface area contributed by atoms with E-state index in [-0.39, 0.29) is 39.6 Å². The van der Waals surface area contributed by atoms with Crippen molar-refractivity contribution in [3.63, 3.8) is 0 Å². The molecule has 0 spiro atoms. The molecule has 0 radical (unpaired) electrons. The molecule has 188 valence electrons. The van der Waals surface area contributed by atoms with Gasteiger partial charge in [0.15, 0.2) is 0 Å². The van der Waals surface area contributed by atoms with Crippen molar-refractivity contribution >= 4 is 38.7 Å². The van der Waals surface area contributed by atoms with Crippen LogP contribution in [-0.4, -0.2) is 56.0 Å². The van der Waals surface area contributed by atoms with Crippen LogP contribution < -0.4 is 20.3 Å². The summed E-state index contributed by atoms with van der Waals surface area (Å²) in [6.45, 7) is 1.32. The number of sulfonamides is 1. The minimum Gasteiger partial charge on any atom is -0.483 e. The van der Waals surface area contributed by atoms with Gasteiger partial charge in [-0.3, -0.25) is 9.20 Å². The highest BCUT2D eigenvalue weighted by molar-refractivity contribution is 7.89. The molecule has 3 aromatic rings. The number of benzene rings is 1. The summed E-state index contributed by atoms with van der Waals surface area (Å²) < 4.78 is 54.3. The third-order valence-electron chi connectivity index (χ3n) is 5.84. The lowest BCUT2D eigenvalue weighted by molar-refractivity contribution is 0.139. The van der Waals surface area contributed by atoms with Crippen LogP contribution in [0.5, 0.6) is 5.75 Å². The van der Waals surface area contributed by atoms with Gasteiger partial charge in [-0.25, -0.2) is 22.8 Å². The number of hydrogen-bond acceptors (Lipinski definition) is 8. The van der Waals surface area contributed by atoms with Gasteiger partial charge in [-0.05, 0) is 47.9 Å². The third-order valence-corrected chi connectivity index (χ3v) is 7.79. The zero-order valence-electron chi connectivity index (χ0n) is 18.9. The van der Waals surface area contributed by atoms with E-state index in [1.54, 1.807) is 24.5 Å². The first-order chi connectivity index (χ1) is 17.2. The molecule has 0 bridgehead atoms. The standard InChI is InChI=1S/C23H21ClFN5O5S/c1-34-22-18(29-36(32,33)20-4-3-15(25)7-17(20)24)6-14(8-28-22)13-2-5-21-27-11-19(23(31)30(21)12-13)35-16-9-26-10-16/h2-5,7-8,11-12,16,18,26,29H,6,9-10H2,1H3. The van der Waals surface area contributed by atoms with E-state index in [4.69, 9.17) is 21.1 Å². The van der Waals surface area contributed by atoms with Crippen molar-refractivity contribution in [2.24, 2.45) is 4.99 Å². The quantitative estimate of drug-likeness (QED) is 0.496. The van der Waals surface area contributed by atoms with Crippen molar-refractivity contribution in [2.75, 3.05) is 20.2 Å². The Bertz CT molecular complexity index is 1570. The van der Waals surface area contributed by atoms with E-state index in [9.17, 15) is 17.6 Å². The van der Waals surface area contributed by atoms with E-state index in [2.05, 4.69) is 20.0 Å². The smallest absolute Gasteiger partial charge is 0.300 e. The number of rotatable bonds is 6. The number of fused-ring (bicyclic) bond motifs is 1. The topological polar surface area (TPSA) is 123 Å². The number of nitrogens with one attached hydrogen (secondary N) is 2. The number of aliphatic imine (C=N–C) groups is 1. The fraction of sp³-hybridized carbons (Fsp3) is 0.261. The average molecular weight is 534 g/mol. The van der Waals surface area contributed by atoms with Crippen LogP contribution in [0.2, 0.25) is 5.02 Å². The Hall–Kier alpha value is -3.32. The van der Waals surface area contributed by atoms with Crippen molar-refractivity contribution in [2.45, 2.75) is 23.5 Å². The van der Waals surface area contributed by atoms with Crippen LogP contribution in [0.25, 0.3) is 11.2 Å². The van der Waals surface area contributed by atoms with Crippen molar-refractivity contribution in [1.82, 2.24) is 19.4 Å². The molecule has 0 aliphatic carbocycles. The van der Waals surface area contributed by atoms with Gasteiger partial charge in [-0.1, -0.05) is 11.6 Å². The lowest BCUT2D eigenvalue weighted by atomic mass is 9.99. The molecular weight excluding hydrogens is 513 g/mol. The summed E-state index contributed by atoms with van der Waals surface area (Å²) >= 11 is 5.97. The summed E-state index contributed by atoms with van der Waals surface area (Å²) in [7, 11) is -2.76. The van der Waals surface area contributed by atoms with E-state index in [1.165, 1.54) is 17.7 Å². The van der Waals surface area contributed by atoms with Gasteiger partial charge in [0.25, 0.3) is 5.56 Å². The lowest BCUT2D eigenvalue weighted by Crippen LogP contribution is -2.51. The van der Waals surface area contributed by atoms with Gasteiger partial charge < -0.3 is 14.8 Å². The number of methoxy groups -OCH3 is 1. The molecule has 1 unspecified atom stereocenters. The van der Waals surface area contributed by atoms with Crippen molar-refractivity contribution in [3.05, 3.63) is 75.7 Å². The number of halogens is 2. The van der Waals surface area contributed by atoms with Crippen molar-refractivity contribution in [1.29, 1.82) is 0 Å². The molecule has 13 heteroatoms. The first kappa shape index (κ1) is 24.4. The van der Waals surface area contributed by atoms with Gasteiger partial charge >= 0.3 is 0 Å². The number of pyridine rings is 1. The summed E-state index contributed by atoms with van der Waals surface area (Å²) in [5.41, 5.74) is 1.37. The van der Waals surface area contributed by atoms with E-state index in [0.717, 1.165) is 18.2 Å². The monoisotopic (exact) mass is 533 g/mol. The molecule has 10 nitrogen and oxygen atoms in total. The van der Waals surface area contributed by atoms with E-state index in [0.29, 0.717) is 29.9 Å². The van der Waals surface area contributed by atoms with Gasteiger partial charge in [0.1, 0.15) is 28.5 Å². The van der Waals surface area contributed by atoms with Gasteiger partial charge in [-0.2, -0.15) is 4.72 Å². The molecule has 1 aromatic carbocycles. The molecule has 2 N–H and O–H groups in total. The average Bonchev–Trinajstić information content (AvgIpc) is 2.82. The minimum atomic E-state index is -4.14. The first-order valence-electron chi connectivity index (χ1n) is 10.9. The highest BCUT2D eigenvalue weighted by atomic mass is 35.5. The van der Waals surface area contributed by atoms with Crippen LogP contribution in [0.3, 0.4) is 0 Å². The molecule has 2 aliphatic heterocycles. The largest absolute Gasteiger partial charge is 0.483 e. The summed E-state index contributed by atoms with van der Waals surface area (Å²) in [6, 6.07) is 5.60. The molecule has 2 aromatic heterocycles. The molecule has 4 heterocycles. The molecule has 36 heavy (non-hydrogen) atoms. The normalized spacial score (nSPS) is 18.4. The molecule has 1 saturated heterocycles. The molecule has 2 aliphatic rings. The fourth-order valence-electron chi connectivity index (χ4n) is 3.87. The predicted molar refractivity (Wildman–Crippen MR) is 131 cm³/mol. The summed E-state index contributed by atoms with van der Waals surface area (Å²) in [6.07, 6.45) is 4.66. The Morgan fingerprint density at radius 3 is 2.75 bits per heavy atom. The lowest BCUT2D eigenvalue weighted by Gasteiger charge is -2.27. The number of nitrogens with zero attached hydrogens (tertiary/aromatic N) is 3. The molecule has 5 rings (SSSR count). The van der Waals surface area contributed by atoms with Crippen LogP contribution in [-0.2, 0) is 14.8 Å². The Balaban J connectivity index is 1.44. The Morgan fingerprint density at radius 2 is 2.06 bits per heavy atom. The number of ether oxygens (including phenoxy) is 2. The van der Waals surface area contributed by atoms with Gasteiger partial charge in [-0.15, -0.1) is 0 Å². The van der Waals surface area contributed by atoms with Crippen molar-refractivity contribution < 1.29 is 22.3 Å². The first-order valence-corrected chi connectivity index (χ1v) is 12.8. The second-order valence-corrected chi connectivity index (χ2v) is 10.3. The fourth-order valence-corrected chi connectivity index (χ4v) is 5.59. The Kier molecular flexibility index (Phi) is 6.51.